The van der Waals surface area contributed by atoms with Crippen LogP contribution < -0.4 is 10.6 Å². The molecule has 0 saturated carbocycles. The molecule has 0 aliphatic heterocycles. The molecule has 6 heteroatoms. The molecule has 0 unspecified atom stereocenters. The van der Waals surface area contributed by atoms with Crippen LogP contribution in [0.15, 0.2) is 30.9 Å². The van der Waals surface area contributed by atoms with E-state index in [1.807, 2.05) is 0 Å². The molecule has 1 amide bonds. The summed E-state index contributed by atoms with van der Waals surface area (Å²) in [7, 11) is 0. The average molecular weight is 252 g/mol. The number of primary amides is 1. The van der Waals surface area contributed by atoms with Crippen LogP contribution in [0.5, 0.6) is 0 Å². The molecule has 1 aromatic carbocycles. The van der Waals surface area contributed by atoms with Crippen molar-refractivity contribution in [3.8, 4) is 0 Å². The summed E-state index contributed by atoms with van der Waals surface area (Å²) in [5.74, 6) is -2.82. The number of anilines is 1. The number of nitrogens with two attached hydrogens (primary N) is 1. The van der Waals surface area contributed by atoms with Gasteiger partial charge in [0.25, 0.3) is 5.91 Å². The third-order valence-electron chi connectivity index (χ3n) is 2.25. The predicted molar refractivity (Wildman–Crippen MR) is 65.0 cm³/mol. The van der Waals surface area contributed by atoms with E-state index in [1.54, 1.807) is 0 Å². The lowest BCUT2D eigenvalue weighted by atomic mass is 10.1. The number of benzene rings is 1. The molecule has 1 rings (SSSR count). The Morgan fingerprint density at radius 1 is 1.50 bits per heavy atom. The number of carboxylic acids is 1. The topological polar surface area (TPSA) is 83.6 Å². The molecule has 0 fully saturated rings. The van der Waals surface area contributed by atoms with Gasteiger partial charge in [-0.3, -0.25) is 9.59 Å². The number of halogens is 1. The highest BCUT2D eigenvalue weighted by Gasteiger charge is 2.19. The molecule has 0 aromatic heterocycles. The second kappa shape index (κ2) is 5.81. The fourth-order valence-electron chi connectivity index (χ4n) is 1.59. The zero-order valence-electron chi connectivity index (χ0n) is 9.60. The first-order valence-electron chi connectivity index (χ1n) is 5.13. The first-order chi connectivity index (χ1) is 8.47. The highest BCUT2D eigenvalue weighted by atomic mass is 19.1. The van der Waals surface area contributed by atoms with E-state index in [9.17, 15) is 14.0 Å². The van der Waals surface area contributed by atoms with E-state index in [0.717, 1.165) is 6.07 Å². The van der Waals surface area contributed by atoms with Gasteiger partial charge in [-0.2, -0.15) is 0 Å². The van der Waals surface area contributed by atoms with Gasteiger partial charge in [-0.15, -0.1) is 6.58 Å². The molecular weight excluding hydrogens is 239 g/mol. The monoisotopic (exact) mass is 252 g/mol. The lowest BCUT2D eigenvalue weighted by Gasteiger charge is -2.23. The van der Waals surface area contributed by atoms with Crippen molar-refractivity contribution in [2.45, 2.75) is 0 Å². The van der Waals surface area contributed by atoms with Crippen molar-refractivity contribution >= 4 is 17.6 Å². The van der Waals surface area contributed by atoms with Crippen LogP contribution in [-0.4, -0.2) is 30.1 Å². The van der Waals surface area contributed by atoms with Crippen LogP contribution in [0.4, 0.5) is 10.1 Å². The van der Waals surface area contributed by atoms with Crippen molar-refractivity contribution < 1.29 is 19.1 Å². The van der Waals surface area contributed by atoms with Gasteiger partial charge in [0.05, 0.1) is 11.3 Å². The van der Waals surface area contributed by atoms with Crippen LogP contribution in [0.2, 0.25) is 0 Å². The van der Waals surface area contributed by atoms with Crippen LogP contribution in [-0.2, 0) is 4.79 Å². The Morgan fingerprint density at radius 2 is 2.17 bits per heavy atom. The number of carbonyl (C=O) groups is 2. The molecule has 3 N–H and O–H groups in total. The predicted octanol–water partition coefficient (Wildman–Crippen LogP) is 1.00. The van der Waals surface area contributed by atoms with Gasteiger partial charge in [0, 0.05) is 6.54 Å². The summed E-state index contributed by atoms with van der Waals surface area (Å²) in [6.07, 6.45) is 1.46. The Bertz CT molecular complexity index is 488. The van der Waals surface area contributed by atoms with Gasteiger partial charge in [-0.1, -0.05) is 12.1 Å². The van der Waals surface area contributed by atoms with E-state index in [-0.39, 0.29) is 24.3 Å². The highest BCUT2D eigenvalue weighted by Crippen LogP contribution is 2.22. The minimum Gasteiger partial charge on any atom is -0.480 e. The van der Waals surface area contributed by atoms with E-state index in [4.69, 9.17) is 10.8 Å². The Balaban J connectivity index is 3.26. The molecule has 0 saturated heterocycles. The van der Waals surface area contributed by atoms with Crippen molar-refractivity contribution in [1.29, 1.82) is 0 Å². The number of hydrogen-bond donors (Lipinski definition) is 2. The van der Waals surface area contributed by atoms with Gasteiger partial charge in [-0.05, 0) is 12.1 Å². The summed E-state index contributed by atoms with van der Waals surface area (Å²) in [5.41, 5.74) is 4.93. The van der Waals surface area contributed by atoms with Gasteiger partial charge in [-0.25, -0.2) is 4.39 Å². The van der Waals surface area contributed by atoms with Crippen molar-refractivity contribution in [3.05, 3.63) is 42.2 Å². The second-order valence-electron chi connectivity index (χ2n) is 3.56. The number of carbonyl (C=O) groups excluding carboxylic acids is 1. The van der Waals surface area contributed by atoms with Gasteiger partial charge in [0.2, 0.25) is 0 Å². The quantitative estimate of drug-likeness (QED) is 0.740. The second-order valence-corrected chi connectivity index (χ2v) is 3.56. The molecule has 0 bridgehead atoms. The third kappa shape index (κ3) is 3.07. The number of aliphatic carboxylic acids is 1. The molecule has 1 aromatic rings. The zero-order valence-corrected chi connectivity index (χ0v) is 9.60. The van der Waals surface area contributed by atoms with E-state index in [2.05, 4.69) is 6.58 Å². The van der Waals surface area contributed by atoms with Crippen LogP contribution in [0.3, 0.4) is 0 Å². The van der Waals surface area contributed by atoms with Gasteiger partial charge < -0.3 is 15.7 Å². The molecule has 0 spiro atoms. The average Bonchev–Trinajstić information content (AvgIpc) is 2.27. The molecule has 18 heavy (non-hydrogen) atoms. The zero-order chi connectivity index (χ0) is 13.7. The minimum atomic E-state index is -1.10. The Labute approximate surface area is 103 Å². The summed E-state index contributed by atoms with van der Waals surface area (Å²) in [6.45, 7) is 3.27. The third-order valence-corrected chi connectivity index (χ3v) is 2.25. The molecule has 0 radical (unpaired) electrons. The lowest BCUT2D eigenvalue weighted by Crippen LogP contribution is -2.32. The standard InChI is InChI=1S/C12H13FN2O3/c1-2-6-15(7-10(16)17)9-5-3-4-8(13)11(9)12(14)18/h2-5H,1,6-7H2,(H2,14,18)(H,16,17). The van der Waals surface area contributed by atoms with Crippen LogP contribution >= 0.6 is 0 Å². The maximum absolute atomic E-state index is 13.5. The van der Waals surface area contributed by atoms with Crippen molar-refractivity contribution in [2.24, 2.45) is 5.73 Å². The lowest BCUT2D eigenvalue weighted by molar-refractivity contribution is -0.135. The fourth-order valence-corrected chi connectivity index (χ4v) is 1.59. The van der Waals surface area contributed by atoms with E-state index in [0.29, 0.717) is 0 Å². The number of rotatable bonds is 6. The smallest absolute Gasteiger partial charge is 0.323 e. The maximum atomic E-state index is 13.5. The van der Waals surface area contributed by atoms with Crippen molar-refractivity contribution in [1.82, 2.24) is 0 Å². The Hall–Kier alpha value is -2.37. The minimum absolute atomic E-state index is 0.143. The number of hydrogen-bond acceptors (Lipinski definition) is 3. The molecule has 0 aliphatic carbocycles. The largest absolute Gasteiger partial charge is 0.480 e. The molecule has 96 valence electrons. The Kier molecular flexibility index (Phi) is 4.42. The number of nitrogens with zero attached hydrogens (tertiary/aromatic N) is 1. The Morgan fingerprint density at radius 3 is 2.67 bits per heavy atom. The molecule has 0 heterocycles. The van der Waals surface area contributed by atoms with E-state index in [1.165, 1.54) is 23.1 Å². The van der Waals surface area contributed by atoms with Gasteiger partial charge >= 0.3 is 5.97 Å². The summed E-state index contributed by atoms with van der Waals surface area (Å²) in [4.78, 5) is 23.3. The summed E-state index contributed by atoms with van der Waals surface area (Å²) in [6, 6.07) is 3.92. The summed E-state index contributed by atoms with van der Waals surface area (Å²) in [5, 5.41) is 8.78. The summed E-state index contributed by atoms with van der Waals surface area (Å²) >= 11 is 0. The maximum Gasteiger partial charge on any atom is 0.323 e. The highest BCUT2D eigenvalue weighted by molar-refractivity contribution is 5.99. The van der Waals surface area contributed by atoms with E-state index >= 15 is 0 Å². The normalized spacial score (nSPS) is 9.83. The van der Waals surface area contributed by atoms with Gasteiger partial charge in [0.1, 0.15) is 12.4 Å². The first kappa shape index (κ1) is 13.7. The first-order valence-corrected chi connectivity index (χ1v) is 5.13. The van der Waals surface area contributed by atoms with E-state index < -0.39 is 17.7 Å². The van der Waals surface area contributed by atoms with Gasteiger partial charge in [0.15, 0.2) is 0 Å². The van der Waals surface area contributed by atoms with Crippen LogP contribution in [0.1, 0.15) is 10.4 Å². The summed E-state index contributed by atoms with van der Waals surface area (Å²) < 4.78 is 13.5. The molecule has 0 aliphatic rings. The number of amides is 1. The fraction of sp³-hybridized carbons (Fsp3) is 0.167. The van der Waals surface area contributed by atoms with Crippen molar-refractivity contribution in [3.63, 3.8) is 0 Å². The molecular formula is C12H13FN2O3. The number of carboxylic acid groups (broad SMARTS) is 1. The van der Waals surface area contributed by atoms with Crippen LogP contribution in [0.25, 0.3) is 0 Å². The van der Waals surface area contributed by atoms with Crippen LogP contribution in [0, 0.1) is 5.82 Å². The molecule has 0 atom stereocenters. The SMILES string of the molecule is C=CCN(CC(=O)O)c1cccc(F)c1C(N)=O. The van der Waals surface area contributed by atoms with Crippen molar-refractivity contribution in [2.75, 3.05) is 18.0 Å². The molecule has 5 nitrogen and oxygen atoms in total.